The lowest BCUT2D eigenvalue weighted by Gasteiger charge is -2.22. The van der Waals surface area contributed by atoms with Crippen LogP contribution in [0.4, 0.5) is 5.82 Å². The van der Waals surface area contributed by atoms with E-state index in [0.717, 1.165) is 13.1 Å². The fourth-order valence-electron chi connectivity index (χ4n) is 4.08. The van der Waals surface area contributed by atoms with Crippen LogP contribution in [0.15, 0.2) is 21.5 Å². The zero-order chi connectivity index (χ0) is 15.6. The molecule has 0 radical (unpaired) electrons. The smallest absolute Gasteiger partial charge is 0.132 e. The molecular weight excluding hydrogens is 320 g/mol. The number of aryl methyl sites for hydroxylation is 2. The van der Waals surface area contributed by atoms with Crippen LogP contribution in [0.5, 0.6) is 0 Å². The molecule has 3 aromatic heterocycles. The van der Waals surface area contributed by atoms with Gasteiger partial charge in [-0.2, -0.15) is 22.7 Å². The molecule has 0 saturated carbocycles. The number of rotatable bonds is 1. The van der Waals surface area contributed by atoms with Crippen LogP contribution in [0.2, 0.25) is 0 Å². The molecule has 1 fully saturated rings. The second kappa shape index (κ2) is 4.92. The molecule has 0 atom stereocenters. The molecule has 5 rings (SSSR count). The predicted molar refractivity (Wildman–Crippen MR) is 103 cm³/mol. The Morgan fingerprint density at radius 3 is 2.04 bits per heavy atom. The molecule has 4 aromatic rings. The first-order valence-corrected chi connectivity index (χ1v) is 10.0. The summed E-state index contributed by atoms with van der Waals surface area (Å²) in [7, 11) is 0. The van der Waals surface area contributed by atoms with Gasteiger partial charge in [-0.05, 0) is 53.6 Å². The Morgan fingerprint density at radius 2 is 1.39 bits per heavy atom. The van der Waals surface area contributed by atoms with E-state index in [1.807, 2.05) is 11.3 Å². The van der Waals surface area contributed by atoms with E-state index in [1.165, 1.54) is 62.2 Å². The predicted octanol–water partition coefficient (Wildman–Crippen LogP) is 5.88. The number of aromatic nitrogens is 1. The Hall–Kier alpha value is -1.65. The first kappa shape index (κ1) is 13.8. The lowest BCUT2D eigenvalue weighted by molar-refractivity contribution is 0.926. The van der Waals surface area contributed by atoms with E-state index >= 15 is 0 Å². The van der Waals surface area contributed by atoms with Crippen molar-refractivity contribution < 1.29 is 0 Å². The molecule has 23 heavy (non-hydrogen) atoms. The summed E-state index contributed by atoms with van der Waals surface area (Å²) in [6.07, 6.45) is 2.57. The van der Waals surface area contributed by atoms with Gasteiger partial charge in [0.1, 0.15) is 5.82 Å². The minimum Gasteiger partial charge on any atom is -0.356 e. The van der Waals surface area contributed by atoms with E-state index in [9.17, 15) is 0 Å². The zero-order valence-electron chi connectivity index (χ0n) is 13.3. The van der Waals surface area contributed by atoms with Crippen molar-refractivity contribution in [2.24, 2.45) is 0 Å². The summed E-state index contributed by atoms with van der Waals surface area (Å²) >= 11 is 3.61. The standard InChI is InChI=1S/C19H18N2S2/c1-11-17-15-9-22-7-13(15)14-8-23-10-16(14)18(17)12(2)20-19(11)21-5-3-4-6-21/h7-10H,3-6H2,1-2H3. The van der Waals surface area contributed by atoms with Crippen LogP contribution >= 0.6 is 22.7 Å². The van der Waals surface area contributed by atoms with E-state index in [0.29, 0.717) is 0 Å². The third-order valence-electron chi connectivity index (χ3n) is 5.15. The fraction of sp³-hybridized carbons (Fsp3) is 0.316. The molecule has 2 nitrogen and oxygen atoms in total. The molecule has 1 aromatic carbocycles. The summed E-state index contributed by atoms with van der Waals surface area (Å²) in [6, 6.07) is 0. The van der Waals surface area contributed by atoms with Crippen LogP contribution in [0, 0.1) is 13.8 Å². The van der Waals surface area contributed by atoms with Crippen molar-refractivity contribution in [3.8, 4) is 0 Å². The maximum atomic E-state index is 5.04. The first-order valence-electron chi connectivity index (χ1n) is 8.15. The number of hydrogen-bond donors (Lipinski definition) is 0. The third kappa shape index (κ3) is 1.82. The molecule has 0 N–H and O–H groups in total. The quantitative estimate of drug-likeness (QED) is 0.431. The van der Waals surface area contributed by atoms with Gasteiger partial charge in [0, 0.05) is 51.3 Å². The Kier molecular flexibility index (Phi) is 2.94. The number of hydrogen-bond acceptors (Lipinski definition) is 4. The van der Waals surface area contributed by atoms with Gasteiger partial charge in [0.15, 0.2) is 0 Å². The van der Waals surface area contributed by atoms with Crippen LogP contribution in [0.3, 0.4) is 0 Å². The molecule has 4 heteroatoms. The summed E-state index contributed by atoms with van der Waals surface area (Å²) in [5, 5.41) is 17.5. The van der Waals surface area contributed by atoms with E-state index in [2.05, 4.69) is 40.3 Å². The van der Waals surface area contributed by atoms with Crippen LogP contribution in [0.1, 0.15) is 24.1 Å². The minimum absolute atomic E-state index is 1.15. The van der Waals surface area contributed by atoms with E-state index < -0.39 is 0 Å². The van der Waals surface area contributed by atoms with Gasteiger partial charge in [-0.15, -0.1) is 0 Å². The Labute approximate surface area is 143 Å². The molecule has 4 heterocycles. The van der Waals surface area contributed by atoms with Gasteiger partial charge in [-0.1, -0.05) is 0 Å². The van der Waals surface area contributed by atoms with Gasteiger partial charge in [0.05, 0.1) is 0 Å². The van der Waals surface area contributed by atoms with Crippen molar-refractivity contribution in [1.82, 2.24) is 4.98 Å². The van der Waals surface area contributed by atoms with Crippen molar-refractivity contribution in [2.45, 2.75) is 26.7 Å². The molecule has 1 aliphatic rings. The fourth-order valence-corrected chi connectivity index (χ4v) is 5.76. The monoisotopic (exact) mass is 338 g/mol. The Bertz CT molecular complexity index is 1050. The molecule has 0 spiro atoms. The lowest BCUT2D eigenvalue weighted by Crippen LogP contribution is -2.20. The molecule has 1 saturated heterocycles. The number of fused-ring (bicyclic) bond motifs is 6. The number of pyridine rings is 1. The topological polar surface area (TPSA) is 16.1 Å². The SMILES string of the molecule is Cc1nc(N2CCCC2)c(C)c2c3cscc3c3cscc3c12. The molecule has 0 bridgehead atoms. The normalized spacial score (nSPS) is 15.5. The summed E-state index contributed by atoms with van der Waals surface area (Å²) in [6.45, 7) is 6.73. The Balaban J connectivity index is 2.00. The zero-order valence-corrected chi connectivity index (χ0v) is 15.0. The van der Waals surface area contributed by atoms with Crippen molar-refractivity contribution in [2.75, 3.05) is 18.0 Å². The van der Waals surface area contributed by atoms with Crippen LogP contribution in [0.25, 0.3) is 32.3 Å². The summed E-state index contributed by atoms with van der Waals surface area (Å²) in [5.74, 6) is 1.20. The van der Waals surface area contributed by atoms with Gasteiger partial charge < -0.3 is 4.90 Å². The average molecular weight is 339 g/mol. The highest BCUT2D eigenvalue weighted by Gasteiger charge is 2.21. The summed E-state index contributed by atoms with van der Waals surface area (Å²) in [4.78, 5) is 7.51. The highest BCUT2D eigenvalue weighted by Crippen LogP contribution is 2.42. The third-order valence-corrected chi connectivity index (χ3v) is 6.64. The molecule has 0 aliphatic carbocycles. The second-order valence-electron chi connectivity index (χ2n) is 6.49. The highest BCUT2D eigenvalue weighted by molar-refractivity contribution is 7.11. The lowest BCUT2D eigenvalue weighted by atomic mass is 9.96. The van der Waals surface area contributed by atoms with Crippen molar-refractivity contribution in [3.63, 3.8) is 0 Å². The first-order chi connectivity index (χ1) is 11.3. The largest absolute Gasteiger partial charge is 0.356 e. The summed E-state index contributed by atoms with van der Waals surface area (Å²) in [5.41, 5.74) is 2.52. The van der Waals surface area contributed by atoms with E-state index in [4.69, 9.17) is 4.98 Å². The van der Waals surface area contributed by atoms with Crippen LogP contribution in [-0.2, 0) is 0 Å². The molecular formula is C19H18N2S2. The number of nitrogens with zero attached hydrogens (tertiary/aromatic N) is 2. The molecule has 0 unspecified atom stereocenters. The molecule has 1 aliphatic heterocycles. The highest BCUT2D eigenvalue weighted by atomic mass is 32.1. The minimum atomic E-state index is 1.15. The van der Waals surface area contributed by atoms with E-state index in [-0.39, 0.29) is 0 Å². The maximum absolute atomic E-state index is 5.04. The summed E-state index contributed by atoms with van der Waals surface area (Å²) < 4.78 is 0. The Morgan fingerprint density at radius 1 is 0.826 bits per heavy atom. The van der Waals surface area contributed by atoms with Gasteiger partial charge in [0.25, 0.3) is 0 Å². The van der Waals surface area contributed by atoms with E-state index in [1.54, 1.807) is 11.3 Å². The van der Waals surface area contributed by atoms with Gasteiger partial charge in [0.2, 0.25) is 0 Å². The van der Waals surface area contributed by atoms with Crippen molar-refractivity contribution in [1.29, 1.82) is 0 Å². The molecule has 116 valence electrons. The van der Waals surface area contributed by atoms with Crippen LogP contribution in [-0.4, -0.2) is 18.1 Å². The number of thiophene rings is 2. The number of benzene rings is 1. The maximum Gasteiger partial charge on any atom is 0.132 e. The second-order valence-corrected chi connectivity index (χ2v) is 7.98. The average Bonchev–Trinajstić information content (AvgIpc) is 3.29. The van der Waals surface area contributed by atoms with Crippen molar-refractivity contribution >= 4 is 60.8 Å². The molecule has 0 amide bonds. The van der Waals surface area contributed by atoms with Gasteiger partial charge in [-0.3, -0.25) is 0 Å². The van der Waals surface area contributed by atoms with Gasteiger partial charge >= 0.3 is 0 Å². The van der Waals surface area contributed by atoms with Gasteiger partial charge in [-0.25, -0.2) is 4.98 Å². The van der Waals surface area contributed by atoms with Crippen LogP contribution < -0.4 is 4.90 Å². The van der Waals surface area contributed by atoms with Crippen molar-refractivity contribution in [3.05, 3.63) is 32.8 Å². The number of anilines is 1.